The van der Waals surface area contributed by atoms with Crippen LogP contribution in [0.5, 0.6) is 5.75 Å². The number of phenolic OH excluding ortho intramolecular Hbond substituents is 1. The minimum absolute atomic E-state index is 0.201. The number of hydrogen-bond donors (Lipinski definition) is 2. The van der Waals surface area contributed by atoms with E-state index in [1.165, 1.54) is 28.3 Å². The summed E-state index contributed by atoms with van der Waals surface area (Å²) in [6.45, 7) is 0.249. The van der Waals surface area contributed by atoms with Gasteiger partial charge in [0, 0.05) is 6.61 Å². The maximum Gasteiger partial charge on any atom is 0.123 e. The first-order valence-electron chi connectivity index (χ1n) is 9.60. The van der Waals surface area contributed by atoms with Crippen molar-refractivity contribution >= 4 is 11.1 Å². The number of hydrogen-bond acceptors (Lipinski definition) is 2. The van der Waals surface area contributed by atoms with Crippen LogP contribution in [0.25, 0.3) is 11.1 Å². The fourth-order valence-electron chi connectivity index (χ4n) is 3.90. The number of allylic oxidation sites excluding steroid dienone is 2. The van der Waals surface area contributed by atoms with Crippen molar-refractivity contribution in [1.29, 1.82) is 0 Å². The number of halogens is 1. The molecule has 2 aromatic carbocycles. The highest BCUT2D eigenvalue weighted by atomic mass is 19.1. The van der Waals surface area contributed by atoms with Crippen molar-refractivity contribution in [3.05, 3.63) is 65.0 Å². The first-order chi connectivity index (χ1) is 12.7. The first-order valence-corrected chi connectivity index (χ1v) is 9.60. The molecular formula is C23H27FO2. The van der Waals surface area contributed by atoms with Gasteiger partial charge in [0.15, 0.2) is 0 Å². The molecule has 1 aliphatic carbocycles. The van der Waals surface area contributed by atoms with Crippen molar-refractivity contribution in [2.75, 3.05) is 6.61 Å². The largest absolute Gasteiger partial charge is 0.508 e. The molecule has 0 radical (unpaired) electrons. The maximum atomic E-state index is 13.8. The number of aryl methyl sites for hydroxylation is 1. The molecule has 2 aromatic rings. The van der Waals surface area contributed by atoms with Crippen LogP contribution in [0.4, 0.5) is 4.39 Å². The minimum atomic E-state index is -0.201. The maximum absolute atomic E-state index is 13.8. The molecule has 2 nitrogen and oxygen atoms in total. The van der Waals surface area contributed by atoms with E-state index in [2.05, 4.69) is 0 Å². The Bertz CT molecular complexity index is 780. The van der Waals surface area contributed by atoms with Crippen molar-refractivity contribution < 1.29 is 14.6 Å². The van der Waals surface area contributed by atoms with E-state index in [4.69, 9.17) is 5.11 Å². The monoisotopic (exact) mass is 354 g/mol. The Morgan fingerprint density at radius 3 is 2.58 bits per heavy atom. The lowest BCUT2D eigenvalue weighted by molar-refractivity contribution is 0.282. The lowest BCUT2D eigenvalue weighted by Crippen LogP contribution is -1.95. The van der Waals surface area contributed by atoms with Crippen molar-refractivity contribution in [2.45, 2.75) is 51.4 Å². The van der Waals surface area contributed by atoms with Gasteiger partial charge in [0.05, 0.1) is 0 Å². The van der Waals surface area contributed by atoms with Gasteiger partial charge in [-0.3, -0.25) is 0 Å². The summed E-state index contributed by atoms with van der Waals surface area (Å²) in [7, 11) is 0. The summed E-state index contributed by atoms with van der Waals surface area (Å²) in [6, 6.07) is 12.5. The number of rotatable bonds is 7. The number of aliphatic hydroxyl groups is 1. The third-order valence-corrected chi connectivity index (χ3v) is 5.16. The number of aliphatic hydroxyl groups excluding tert-OH is 1. The highest BCUT2D eigenvalue weighted by Crippen LogP contribution is 2.39. The first kappa shape index (κ1) is 18.7. The van der Waals surface area contributed by atoms with E-state index in [9.17, 15) is 9.50 Å². The van der Waals surface area contributed by atoms with Crippen LogP contribution in [0, 0.1) is 5.82 Å². The van der Waals surface area contributed by atoms with E-state index in [1.807, 2.05) is 18.2 Å². The van der Waals surface area contributed by atoms with Gasteiger partial charge in [-0.1, -0.05) is 31.0 Å². The summed E-state index contributed by atoms with van der Waals surface area (Å²) in [6.07, 6.45) is 7.79. The van der Waals surface area contributed by atoms with Crippen LogP contribution >= 0.6 is 0 Å². The highest BCUT2D eigenvalue weighted by molar-refractivity contribution is 5.92. The molecule has 0 fully saturated rings. The Morgan fingerprint density at radius 1 is 0.923 bits per heavy atom. The summed E-state index contributed by atoms with van der Waals surface area (Å²) in [5, 5.41) is 18.8. The molecule has 3 rings (SSSR count). The van der Waals surface area contributed by atoms with E-state index in [-0.39, 0.29) is 12.4 Å². The Kier molecular flexibility index (Phi) is 6.45. The summed E-state index contributed by atoms with van der Waals surface area (Å²) in [4.78, 5) is 0. The summed E-state index contributed by atoms with van der Waals surface area (Å²) >= 11 is 0. The second-order valence-electron chi connectivity index (χ2n) is 7.05. The van der Waals surface area contributed by atoms with E-state index in [0.717, 1.165) is 56.9 Å². The van der Waals surface area contributed by atoms with Gasteiger partial charge in [-0.05, 0) is 90.6 Å². The highest BCUT2D eigenvalue weighted by Gasteiger charge is 2.19. The number of benzene rings is 2. The van der Waals surface area contributed by atoms with Crippen LogP contribution in [-0.4, -0.2) is 16.8 Å². The molecule has 0 amide bonds. The average Bonchev–Trinajstić information content (AvgIpc) is 2.80. The molecule has 0 unspecified atom stereocenters. The van der Waals surface area contributed by atoms with Gasteiger partial charge in [0.25, 0.3) is 0 Å². The molecule has 0 atom stereocenters. The van der Waals surface area contributed by atoms with Crippen LogP contribution in [0.2, 0.25) is 0 Å². The number of fused-ring (bicyclic) bond motifs is 1. The van der Waals surface area contributed by atoms with Crippen molar-refractivity contribution in [1.82, 2.24) is 0 Å². The number of aromatic hydroxyl groups is 1. The van der Waals surface area contributed by atoms with E-state index in [1.54, 1.807) is 18.2 Å². The van der Waals surface area contributed by atoms with Crippen LogP contribution in [-0.2, 0) is 6.42 Å². The fourth-order valence-corrected chi connectivity index (χ4v) is 3.90. The number of unbranched alkanes of at least 4 members (excludes halogenated alkanes) is 3. The van der Waals surface area contributed by atoms with Crippen LogP contribution in [0.1, 0.15) is 61.6 Å². The van der Waals surface area contributed by atoms with E-state index >= 15 is 0 Å². The van der Waals surface area contributed by atoms with Gasteiger partial charge in [-0.2, -0.15) is 0 Å². The molecule has 0 bridgehead atoms. The second kappa shape index (κ2) is 9.00. The standard InChI is InChI=1S/C23H27FO2/c24-19-9-5-7-17(15-19)21-11-6-8-18-16-20(26)12-13-22(18)23(21)10-3-1-2-4-14-25/h5,7,9,12-13,15-16,25-26H,1-4,6,8,10-11,14H2. The zero-order chi connectivity index (χ0) is 18.4. The third-order valence-electron chi connectivity index (χ3n) is 5.16. The Balaban J connectivity index is 1.97. The predicted molar refractivity (Wildman–Crippen MR) is 104 cm³/mol. The molecule has 3 heteroatoms. The van der Waals surface area contributed by atoms with Crippen molar-refractivity contribution in [3.8, 4) is 5.75 Å². The predicted octanol–water partition coefficient (Wildman–Crippen LogP) is 5.72. The minimum Gasteiger partial charge on any atom is -0.508 e. The van der Waals surface area contributed by atoms with Crippen molar-refractivity contribution in [3.63, 3.8) is 0 Å². The quantitative estimate of drug-likeness (QED) is 0.624. The molecule has 0 aromatic heterocycles. The Hall–Kier alpha value is -2.13. The summed E-state index contributed by atoms with van der Waals surface area (Å²) in [5.41, 5.74) is 5.86. The summed E-state index contributed by atoms with van der Waals surface area (Å²) in [5.74, 6) is 0.104. The van der Waals surface area contributed by atoms with Crippen molar-refractivity contribution in [2.24, 2.45) is 0 Å². The van der Waals surface area contributed by atoms with Crippen LogP contribution < -0.4 is 0 Å². The third kappa shape index (κ3) is 4.53. The lowest BCUT2D eigenvalue weighted by atomic mass is 9.89. The SMILES string of the molecule is OCCCCCCC1=C(c2cccc(F)c2)CCCc2cc(O)ccc21. The smallest absolute Gasteiger partial charge is 0.123 e. The molecule has 0 heterocycles. The molecule has 0 saturated heterocycles. The fraction of sp³-hybridized carbons (Fsp3) is 0.391. The van der Waals surface area contributed by atoms with Gasteiger partial charge in [0.2, 0.25) is 0 Å². The van der Waals surface area contributed by atoms with Gasteiger partial charge >= 0.3 is 0 Å². The molecular weight excluding hydrogens is 327 g/mol. The number of phenols is 1. The Morgan fingerprint density at radius 2 is 1.77 bits per heavy atom. The normalized spacial score (nSPS) is 14.2. The average molecular weight is 354 g/mol. The van der Waals surface area contributed by atoms with E-state index < -0.39 is 0 Å². The Labute approximate surface area is 155 Å². The second-order valence-corrected chi connectivity index (χ2v) is 7.05. The lowest BCUT2D eigenvalue weighted by Gasteiger charge is -2.16. The molecule has 26 heavy (non-hydrogen) atoms. The van der Waals surface area contributed by atoms with Gasteiger partial charge in [-0.15, -0.1) is 0 Å². The summed E-state index contributed by atoms with van der Waals surface area (Å²) < 4.78 is 13.8. The molecule has 1 aliphatic rings. The zero-order valence-corrected chi connectivity index (χ0v) is 15.2. The van der Waals surface area contributed by atoms with Gasteiger partial charge in [0.1, 0.15) is 11.6 Å². The topological polar surface area (TPSA) is 40.5 Å². The molecule has 2 N–H and O–H groups in total. The van der Waals surface area contributed by atoms with Gasteiger partial charge < -0.3 is 10.2 Å². The van der Waals surface area contributed by atoms with Gasteiger partial charge in [-0.25, -0.2) is 4.39 Å². The van der Waals surface area contributed by atoms with Crippen LogP contribution in [0.15, 0.2) is 42.5 Å². The molecule has 0 saturated carbocycles. The van der Waals surface area contributed by atoms with Crippen LogP contribution in [0.3, 0.4) is 0 Å². The molecule has 0 aliphatic heterocycles. The molecule has 138 valence electrons. The van der Waals surface area contributed by atoms with E-state index in [0.29, 0.717) is 5.75 Å². The zero-order valence-electron chi connectivity index (χ0n) is 15.2. The molecule has 0 spiro atoms.